The van der Waals surface area contributed by atoms with E-state index < -0.39 is 5.97 Å². The fraction of sp³-hybridized carbons (Fsp3) is 0.320. The molecule has 0 bridgehead atoms. The van der Waals surface area contributed by atoms with Crippen LogP contribution in [0.15, 0.2) is 48.8 Å². The van der Waals surface area contributed by atoms with Gasteiger partial charge >= 0.3 is 12.0 Å². The second-order valence-electron chi connectivity index (χ2n) is 8.39. The van der Waals surface area contributed by atoms with Gasteiger partial charge in [0, 0.05) is 37.4 Å². The highest BCUT2D eigenvalue weighted by atomic mass is 16.4. The average molecular weight is 451 g/mol. The maximum absolute atomic E-state index is 13.1. The van der Waals surface area contributed by atoms with E-state index in [-0.39, 0.29) is 24.9 Å². The lowest BCUT2D eigenvalue weighted by atomic mass is 10.0. The fourth-order valence-corrected chi connectivity index (χ4v) is 3.76. The molecule has 0 aliphatic carbocycles. The molecule has 3 rings (SSSR count). The number of hydrogen-bond donors (Lipinski definition) is 3. The number of fused-ring (bicyclic) bond motifs is 1. The Kier molecular flexibility index (Phi) is 7.71. The van der Waals surface area contributed by atoms with Gasteiger partial charge in [0.2, 0.25) is 6.41 Å². The van der Waals surface area contributed by atoms with Crippen LogP contribution in [-0.2, 0) is 16.1 Å². The summed E-state index contributed by atoms with van der Waals surface area (Å²) < 4.78 is 1.95. The minimum atomic E-state index is -0.965. The molecule has 3 amide bonds. The fourth-order valence-electron chi connectivity index (χ4n) is 3.76. The van der Waals surface area contributed by atoms with Crippen molar-refractivity contribution in [3.05, 3.63) is 59.9 Å². The van der Waals surface area contributed by atoms with Gasteiger partial charge in [-0.1, -0.05) is 38.1 Å². The molecule has 0 aliphatic heterocycles. The van der Waals surface area contributed by atoms with Crippen LogP contribution in [0.3, 0.4) is 0 Å². The van der Waals surface area contributed by atoms with Crippen molar-refractivity contribution in [2.45, 2.75) is 33.7 Å². The van der Waals surface area contributed by atoms with E-state index in [1.807, 2.05) is 74.1 Å². The van der Waals surface area contributed by atoms with E-state index in [4.69, 9.17) is 0 Å². The third-order valence-corrected chi connectivity index (χ3v) is 5.43. The first-order valence-electron chi connectivity index (χ1n) is 11.0. The molecule has 8 nitrogen and oxygen atoms in total. The largest absolute Gasteiger partial charge is 0.481 e. The number of nitrogens with one attached hydrogen (secondary N) is 2. The lowest BCUT2D eigenvalue weighted by Crippen LogP contribution is -2.43. The lowest BCUT2D eigenvalue weighted by Gasteiger charge is -2.27. The summed E-state index contributed by atoms with van der Waals surface area (Å²) in [6, 6.07) is 11.4. The molecule has 0 fully saturated rings. The van der Waals surface area contributed by atoms with Crippen LogP contribution in [0.2, 0.25) is 0 Å². The molecule has 0 radical (unpaired) electrons. The quantitative estimate of drug-likeness (QED) is 0.408. The Bertz CT molecular complexity index is 1150. The predicted molar refractivity (Wildman–Crippen MR) is 129 cm³/mol. The van der Waals surface area contributed by atoms with E-state index in [2.05, 4.69) is 10.6 Å². The van der Waals surface area contributed by atoms with Crippen LogP contribution in [0.4, 0.5) is 10.5 Å². The molecular weight excluding hydrogens is 420 g/mol. The number of urea groups is 1. The number of aromatic nitrogens is 1. The second-order valence-corrected chi connectivity index (χ2v) is 8.39. The Balaban J connectivity index is 2.12. The average Bonchev–Trinajstić information content (AvgIpc) is 3.26. The van der Waals surface area contributed by atoms with Crippen molar-refractivity contribution in [1.29, 1.82) is 0 Å². The van der Waals surface area contributed by atoms with Crippen LogP contribution in [0.1, 0.15) is 31.4 Å². The zero-order chi connectivity index (χ0) is 24.0. The van der Waals surface area contributed by atoms with Gasteiger partial charge in [0.15, 0.2) is 0 Å². The molecule has 0 atom stereocenters. The Morgan fingerprint density at radius 2 is 1.91 bits per heavy atom. The number of aryl methyl sites for hydroxylation is 1. The first-order chi connectivity index (χ1) is 15.8. The number of aliphatic carboxylic acids is 1. The predicted octanol–water partition coefficient (Wildman–Crippen LogP) is 3.83. The normalized spacial score (nSPS) is 10.9. The number of nitrogens with zero attached hydrogens (tertiary/aromatic N) is 2. The van der Waals surface area contributed by atoms with Crippen molar-refractivity contribution in [2.75, 3.05) is 18.0 Å². The van der Waals surface area contributed by atoms with Gasteiger partial charge < -0.3 is 20.3 Å². The monoisotopic (exact) mass is 450 g/mol. The van der Waals surface area contributed by atoms with Gasteiger partial charge in [-0.2, -0.15) is 0 Å². The highest BCUT2D eigenvalue weighted by Crippen LogP contribution is 2.34. The number of amides is 3. The van der Waals surface area contributed by atoms with Gasteiger partial charge in [0.05, 0.1) is 17.8 Å². The van der Waals surface area contributed by atoms with Crippen LogP contribution in [-0.4, -0.2) is 41.2 Å². The zero-order valence-electron chi connectivity index (χ0n) is 19.2. The Morgan fingerprint density at radius 3 is 2.58 bits per heavy atom. The number of carboxylic acids is 1. The second kappa shape index (κ2) is 10.7. The molecule has 1 heterocycles. The zero-order valence-corrected chi connectivity index (χ0v) is 19.2. The van der Waals surface area contributed by atoms with Gasteiger partial charge in [0.25, 0.3) is 0 Å². The molecule has 174 valence electrons. The maximum atomic E-state index is 13.1. The molecule has 8 heteroatoms. The van der Waals surface area contributed by atoms with Gasteiger partial charge in [0.1, 0.15) is 0 Å². The summed E-state index contributed by atoms with van der Waals surface area (Å²) in [6.45, 7) is 6.91. The molecule has 0 aliphatic rings. The summed E-state index contributed by atoms with van der Waals surface area (Å²) in [5.41, 5.74) is 3.35. The summed E-state index contributed by atoms with van der Waals surface area (Å²) in [6.07, 6.45) is 4.33. The van der Waals surface area contributed by atoms with Crippen LogP contribution in [0.25, 0.3) is 16.5 Å². The van der Waals surface area contributed by atoms with E-state index in [9.17, 15) is 19.5 Å². The molecule has 1 aromatic heterocycles. The van der Waals surface area contributed by atoms with E-state index in [1.165, 1.54) is 4.90 Å². The van der Waals surface area contributed by atoms with Crippen LogP contribution >= 0.6 is 0 Å². The van der Waals surface area contributed by atoms with Gasteiger partial charge in [-0.25, -0.2) is 4.79 Å². The third kappa shape index (κ3) is 5.71. The van der Waals surface area contributed by atoms with Crippen molar-refractivity contribution in [3.63, 3.8) is 0 Å². The first-order valence-corrected chi connectivity index (χ1v) is 11.0. The number of hydrogen-bond acceptors (Lipinski definition) is 3. The van der Waals surface area contributed by atoms with Crippen LogP contribution in [0.5, 0.6) is 0 Å². The van der Waals surface area contributed by atoms with E-state index in [0.717, 1.165) is 27.6 Å². The molecule has 0 saturated carbocycles. The van der Waals surface area contributed by atoms with Crippen LogP contribution < -0.4 is 15.5 Å². The summed E-state index contributed by atoms with van der Waals surface area (Å²) in [7, 11) is 0. The van der Waals surface area contributed by atoms with Gasteiger partial charge in [-0.15, -0.1) is 0 Å². The van der Waals surface area contributed by atoms with Crippen LogP contribution in [0, 0.1) is 12.8 Å². The topological polar surface area (TPSA) is 104 Å². The molecule has 3 N–H and O–H groups in total. The number of rotatable bonds is 10. The molecular formula is C25H30N4O4. The Hall–Kier alpha value is -3.81. The van der Waals surface area contributed by atoms with E-state index in [1.54, 1.807) is 0 Å². The molecule has 2 aromatic carbocycles. The third-order valence-electron chi connectivity index (χ3n) is 5.43. The number of carbonyl (C=O) groups excluding carboxylic acids is 2. The van der Waals surface area contributed by atoms with Crippen molar-refractivity contribution in [2.24, 2.45) is 5.92 Å². The number of carboxylic acid groups (broad SMARTS) is 1. The number of carbonyl (C=O) groups is 3. The van der Waals surface area contributed by atoms with Crippen molar-refractivity contribution >= 4 is 34.9 Å². The molecule has 33 heavy (non-hydrogen) atoms. The SMILES string of the molecule is Cc1c(N(CCC(=O)O)C(=O)NCC(C)C)cc(-n2ccc(CNC=O)c2)c2ccccc12. The number of benzene rings is 2. The number of anilines is 1. The first kappa shape index (κ1) is 23.8. The standard InChI is InChI=1S/C25H30N4O4/c1-17(2)13-27-25(33)29(11-9-24(31)32)22-12-23(21-7-5-4-6-20(21)18(22)3)28-10-8-19(15-28)14-26-16-30/h4-8,10,12,15-17H,9,11,13-14H2,1-3H3,(H,26,30)(H,27,33)(H,31,32). The van der Waals surface area contributed by atoms with Crippen molar-refractivity contribution in [1.82, 2.24) is 15.2 Å². The molecule has 3 aromatic rings. The minimum Gasteiger partial charge on any atom is -0.481 e. The summed E-state index contributed by atoms with van der Waals surface area (Å²) in [4.78, 5) is 36.6. The van der Waals surface area contributed by atoms with E-state index in [0.29, 0.717) is 25.2 Å². The van der Waals surface area contributed by atoms with E-state index >= 15 is 0 Å². The minimum absolute atomic E-state index is 0.0536. The molecule has 0 saturated heterocycles. The van der Waals surface area contributed by atoms with Gasteiger partial charge in [-0.3, -0.25) is 14.5 Å². The lowest BCUT2D eigenvalue weighted by molar-refractivity contribution is -0.136. The van der Waals surface area contributed by atoms with Gasteiger partial charge in [-0.05, 0) is 41.5 Å². The smallest absolute Gasteiger partial charge is 0.321 e. The summed E-state index contributed by atoms with van der Waals surface area (Å²) >= 11 is 0. The maximum Gasteiger partial charge on any atom is 0.321 e. The molecule has 0 unspecified atom stereocenters. The van der Waals surface area contributed by atoms with Crippen molar-refractivity contribution in [3.8, 4) is 5.69 Å². The highest BCUT2D eigenvalue weighted by molar-refractivity contribution is 6.01. The van der Waals surface area contributed by atoms with Crippen molar-refractivity contribution < 1.29 is 19.5 Å². The summed E-state index contributed by atoms with van der Waals surface area (Å²) in [5.74, 6) is -0.699. The highest BCUT2D eigenvalue weighted by Gasteiger charge is 2.22. The summed E-state index contributed by atoms with van der Waals surface area (Å²) in [5, 5.41) is 16.8. The Morgan fingerprint density at radius 1 is 1.18 bits per heavy atom. The molecule has 0 spiro atoms. The Labute approximate surface area is 193 Å².